The Balaban J connectivity index is 0.000000771. The lowest BCUT2D eigenvalue weighted by Gasteiger charge is -2.31. The first-order valence-corrected chi connectivity index (χ1v) is 13.9. The van der Waals surface area contributed by atoms with Crippen molar-refractivity contribution in [2.75, 3.05) is 13.2 Å². The molecule has 18 heteroatoms. The number of esters is 1. The Kier molecular flexibility index (Phi) is 11.7. The highest BCUT2D eigenvalue weighted by Gasteiger charge is 2.38. The summed E-state index contributed by atoms with van der Waals surface area (Å²) in [6.07, 6.45) is -2.89. The number of benzene rings is 2. The maximum absolute atomic E-state index is 13.7. The van der Waals surface area contributed by atoms with Gasteiger partial charge in [-0.05, 0) is 24.6 Å². The van der Waals surface area contributed by atoms with Crippen LogP contribution >= 0.6 is 0 Å². The number of nitrogens with one attached hydrogen (secondary N) is 2. The molecule has 0 spiro atoms. The molecule has 0 radical (unpaired) electrons. The Bertz CT molecular complexity index is 1640. The third-order valence-electron chi connectivity index (χ3n) is 6.80. The van der Waals surface area contributed by atoms with Crippen molar-refractivity contribution in [2.45, 2.75) is 45.1 Å². The molecule has 4 rings (SSSR count). The highest BCUT2D eigenvalue weighted by molar-refractivity contribution is 5.99. The predicted molar refractivity (Wildman–Crippen MR) is 157 cm³/mol. The van der Waals surface area contributed by atoms with Gasteiger partial charge in [0.15, 0.2) is 0 Å². The number of amidine groups is 1. The van der Waals surface area contributed by atoms with Crippen LogP contribution in [0.1, 0.15) is 39.7 Å². The number of hydrogen-bond acceptors (Lipinski definition) is 9. The zero-order valence-corrected chi connectivity index (χ0v) is 24.8. The average Bonchev–Trinajstić information content (AvgIpc) is 3.42. The summed E-state index contributed by atoms with van der Waals surface area (Å²) in [5, 5.41) is 32.8. The van der Waals surface area contributed by atoms with Crippen LogP contribution in [0.15, 0.2) is 54.7 Å². The molecular weight excluding hydrogens is 631 g/mol. The molecule has 0 unspecified atom stereocenters. The van der Waals surface area contributed by atoms with E-state index >= 15 is 0 Å². The van der Waals surface area contributed by atoms with Gasteiger partial charge >= 0.3 is 18.1 Å². The summed E-state index contributed by atoms with van der Waals surface area (Å²) in [5.41, 5.74) is 8.44. The molecular formula is C29H30F3N7O8. The molecule has 1 aliphatic rings. The van der Waals surface area contributed by atoms with E-state index in [0.29, 0.717) is 24.1 Å². The van der Waals surface area contributed by atoms with Crippen LogP contribution < -0.4 is 11.1 Å². The van der Waals surface area contributed by atoms with E-state index in [0.717, 1.165) is 11.3 Å². The molecule has 0 bridgehead atoms. The van der Waals surface area contributed by atoms with Gasteiger partial charge in [0.1, 0.15) is 18.4 Å². The lowest BCUT2D eigenvalue weighted by Crippen LogP contribution is -2.51. The maximum Gasteiger partial charge on any atom is 0.490 e. The highest BCUT2D eigenvalue weighted by Crippen LogP contribution is 2.21. The van der Waals surface area contributed by atoms with E-state index in [2.05, 4.69) is 10.4 Å². The maximum atomic E-state index is 13.7. The van der Waals surface area contributed by atoms with Gasteiger partial charge in [0.2, 0.25) is 5.91 Å². The molecule has 3 aromatic rings. The molecule has 1 atom stereocenters. The molecule has 47 heavy (non-hydrogen) atoms. The number of nitro groups is 1. The number of hydrogen-bond donors (Lipinski definition) is 4. The first-order chi connectivity index (χ1) is 22.1. The number of rotatable bonds is 10. The predicted octanol–water partition coefficient (Wildman–Crippen LogP) is 2.20. The van der Waals surface area contributed by atoms with Crippen molar-refractivity contribution in [3.63, 3.8) is 0 Å². The number of nitrogens with two attached hydrogens (primary N) is 1. The third kappa shape index (κ3) is 9.84. The summed E-state index contributed by atoms with van der Waals surface area (Å²) in [4.78, 5) is 59.8. The number of nitrogens with zero attached hydrogens (tertiary/aromatic N) is 4. The second kappa shape index (κ2) is 15.5. The number of carboxylic acids is 1. The number of carbonyl (C=O) groups excluding carboxylic acids is 3. The van der Waals surface area contributed by atoms with Crippen molar-refractivity contribution in [1.82, 2.24) is 20.0 Å². The normalized spacial score (nSPS) is 12.9. The summed E-state index contributed by atoms with van der Waals surface area (Å²) < 4.78 is 38.3. The molecule has 2 aromatic carbocycles. The number of aromatic nitrogens is 2. The molecule has 0 saturated carbocycles. The second-order valence-electron chi connectivity index (χ2n) is 10.0. The Hall–Kier alpha value is -5.81. The van der Waals surface area contributed by atoms with Gasteiger partial charge in [0, 0.05) is 60.4 Å². The van der Waals surface area contributed by atoms with Gasteiger partial charge in [-0.2, -0.15) is 18.3 Å². The van der Waals surface area contributed by atoms with Crippen LogP contribution in [0.2, 0.25) is 0 Å². The smallest absolute Gasteiger partial charge is 0.475 e. The number of carbonyl (C=O) groups is 4. The molecule has 1 aromatic heterocycles. The van der Waals surface area contributed by atoms with Crippen LogP contribution in [0, 0.1) is 15.5 Å². The number of halogens is 3. The van der Waals surface area contributed by atoms with Crippen LogP contribution in [-0.4, -0.2) is 79.7 Å². The zero-order valence-electron chi connectivity index (χ0n) is 24.8. The summed E-state index contributed by atoms with van der Waals surface area (Å²) in [7, 11) is 0. The Morgan fingerprint density at radius 2 is 1.72 bits per heavy atom. The number of non-ortho nitro benzene ring substituents is 1. The fourth-order valence-electron chi connectivity index (χ4n) is 4.50. The number of amides is 2. The Morgan fingerprint density at radius 3 is 2.26 bits per heavy atom. The van der Waals surface area contributed by atoms with Crippen LogP contribution in [0.5, 0.6) is 0 Å². The van der Waals surface area contributed by atoms with Gasteiger partial charge < -0.3 is 25.8 Å². The minimum Gasteiger partial charge on any atom is -0.475 e. The van der Waals surface area contributed by atoms with Crippen molar-refractivity contribution >= 4 is 35.3 Å². The van der Waals surface area contributed by atoms with Crippen LogP contribution in [0.25, 0.3) is 0 Å². The Morgan fingerprint density at radius 1 is 1.13 bits per heavy atom. The van der Waals surface area contributed by atoms with E-state index in [9.17, 15) is 37.7 Å². The number of ether oxygens (including phenoxy) is 1. The van der Waals surface area contributed by atoms with Crippen molar-refractivity contribution in [2.24, 2.45) is 5.73 Å². The van der Waals surface area contributed by atoms with Crippen molar-refractivity contribution in [3.05, 3.63) is 92.8 Å². The SMILES string of the molecule is CCOC(=O)Cn1ncc2c1CCN(C(=O)[C@H](Cc1ccc([N+](=O)[O-])cc1)NC(=O)c1ccc(C(=N)N)cc1)C2.O=C(O)C(F)(F)F. The number of carboxylic acid groups (broad SMARTS) is 1. The standard InChI is InChI=1S/C27H29N7O6.C2HF3O2/c1-2-40-24(35)16-33-23-11-12-32(15-20(23)14-30-33)27(37)22(13-17-3-9-21(10-4-17)34(38)39)31-26(36)19-7-5-18(6-8-19)25(28)29;3-2(4,5)1(6)7/h3-10,14,22H,2,11-13,15-16H2,1H3,(H3,28,29)(H,31,36);(H,6,7)/t22-;/m0./s1. The summed E-state index contributed by atoms with van der Waals surface area (Å²) in [6, 6.07) is 11.0. The molecule has 5 N–H and O–H groups in total. The zero-order chi connectivity index (χ0) is 34.9. The molecule has 0 fully saturated rings. The van der Waals surface area contributed by atoms with Crippen LogP contribution in [-0.2, 0) is 45.1 Å². The molecule has 0 saturated heterocycles. The first kappa shape index (κ1) is 35.7. The summed E-state index contributed by atoms with van der Waals surface area (Å²) >= 11 is 0. The molecule has 0 aliphatic carbocycles. The van der Waals surface area contributed by atoms with Gasteiger partial charge in [-0.25, -0.2) is 4.79 Å². The van der Waals surface area contributed by atoms with Crippen LogP contribution in [0.4, 0.5) is 18.9 Å². The number of alkyl halides is 3. The molecule has 2 amide bonds. The van der Waals surface area contributed by atoms with E-state index in [4.69, 9.17) is 25.8 Å². The lowest BCUT2D eigenvalue weighted by molar-refractivity contribution is -0.384. The molecule has 2 heterocycles. The molecule has 1 aliphatic heterocycles. The topological polar surface area (TPSA) is 224 Å². The minimum atomic E-state index is -5.08. The number of aliphatic carboxylic acids is 1. The third-order valence-corrected chi connectivity index (χ3v) is 6.80. The monoisotopic (exact) mass is 661 g/mol. The van der Waals surface area contributed by atoms with Gasteiger partial charge in [0.25, 0.3) is 11.6 Å². The quantitative estimate of drug-likeness (QED) is 0.0815. The number of nitrogen functional groups attached to an aromatic ring is 1. The largest absolute Gasteiger partial charge is 0.490 e. The summed E-state index contributed by atoms with van der Waals surface area (Å²) in [5.74, 6) is -4.10. The van der Waals surface area contributed by atoms with E-state index < -0.39 is 35.0 Å². The molecule has 15 nitrogen and oxygen atoms in total. The van der Waals surface area contributed by atoms with Gasteiger partial charge in [-0.3, -0.25) is 34.6 Å². The van der Waals surface area contributed by atoms with Crippen molar-refractivity contribution < 1.29 is 47.1 Å². The van der Waals surface area contributed by atoms with Crippen molar-refractivity contribution in [1.29, 1.82) is 5.41 Å². The fraction of sp³-hybridized carbons (Fsp3) is 0.310. The average molecular weight is 662 g/mol. The van der Waals surface area contributed by atoms with E-state index in [-0.39, 0.29) is 49.1 Å². The van der Waals surface area contributed by atoms with Crippen molar-refractivity contribution in [3.8, 4) is 0 Å². The highest BCUT2D eigenvalue weighted by atomic mass is 19.4. The van der Waals surface area contributed by atoms with E-state index in [1.165, 1.54) is 24.3 Å². The first-order valence-electron chi connectivity index (χ1n) is 13.9. The van der Waals surface area contributed by atoms with Crippen LogP contribution in [0.3, 0.4) is 0 Å². The number of nitro benzene ring substituents is 1. The van der Waals surface area contributed by atoms with E-state index in [1.54, 1.807) is 47.0 Å². The fourth-order valence-corrected chi connectivity index (χ4v) is 4.50. The van der Waals surface area contributed by atoms with Gasteiger partial charge in [0.05, 0.1) is 17.7 Å². The summed E-state index contributed by atoms with van der Waals surface area (Å²) in [6.45, 7) is 2.58. The lowest BCUT2D eigenvalue weighted by atomic mass is 10.0. The van der Waals surface area contributed by atoms with Gasteiger partial charge in [-0.15, -0.1) is 0 Å². The molecule has 250 valence electrons. The minimum absolute atomic E-state index is 0.0155. The van der Waals surface area contributed by atoms with Gasteiger partial charge in [-0.1, -0.05) is 24.3 Å². The Labute approximate surface area is 264 Å². The second-order valence-corrected chi connectivity index (χ2v) is 10.0. The van der Waals surface area contributed by atoms with E-state index in [1.807, 2.05) is 0 Å². The number of fused-ring (bicyclic) bond motifs is 1.